The molecule has 1 aliphatic heterocycles. The van der Waals surface area contributed by atoms with Gasteiger partial charge in [-0.2, -0.15) is 5.10 Å². The highest BCUT2D eigenvalue weighted by molar-refractivity contribution is 7.92. The molecule has 3 aromatic rings. The Hall–Kier alpha value is -3.29. The maximum atomic E-state index is 13.6. The molecule has 2 aromatic heterocycles. The van der Waals surface area contributed by atoms with E-state index in [2.05, 4.69) is 10.1 Å². The SMILES string of the molecule is CC(C)c1cc2[nH]c(=O)n(N(C(=O)CCN3CCOCC3)S(C)(=O)=O)c(=O)c2cc1-c1ccnn1C. The molecule has 194 valence electrons. The first kappa shape index (κ1) is 25.8. The minimum Gasteiger partial charge on any atom is -0.379 e. The first-order valence-electron chi connectivity index (χ1n) is 11.6. The van der Waals surface area contributed by atoms with E-state index in [0.717, 1.165) is 23.1 Å². The maximum absolute atomic E-state index is 13.6. The van der Waals surface area contributed by atoms with E-state index in [-0.39, 0.29) is 34.2 Å². The van der Waals surface area contributed by atoms with Crippen molar-refractivity contribution >= 4 is 26.8 Å². The van der Waals surface area contributed by atoms with Crippen LogP contribution in [0, 0.1) is 0 Å². The highest BCUT2D eigenvalue weighted by Crippen LogP contribution is 2.31. The van der Waals surface area contributed by atoms with E-state index in [9.17, 15) is 22.8 Å². The van der Waals surface area contributed by atoms with Crippen molar-refractivity contribution in [2.75, 3.05) is 43.5 Å². The number of nitrogens with one attached hydrogen (secondary N) is 1. The predicted molar refractivity (Wildman–Crippen MR) is 135 cm³/mol. The van der Waals surface area contributed by atoms with E-state index in [1.54, 1.807) is 36.1 Å². The van der Waals surface area contributed by atoms with Gasteiger partial charge in [0.15, 0.2) is 0 Å². The zero-order valence-electron chi connectivity index (χ0n) is 20.7. The molecule has 12 nitrogen and oxygen atoms in total. The standard InChI is InChI=1S/C23H30N6O6S/c1-15(2)16-14-19-18(13-17(16)20-5-7-24-26(20)3)22(31)28(23(32)25-19)29(36(4,33)34)21(30)6-8-27-9-11-35-12-10-27/h5,7,13-15H,6,8-12H2,1-4H3,(H,25,32). The zero-order valence-corrected chi connectivity index (χ0v) is 21.5. The summed E-state index contributed by atoms with van der Waals surface area (Å²) in [5.74, 6) is -0.818. The predicted octanol–water partition coefficient (Wildman–Crippen LogP) is 0.360. The lowest BCUT2D eigenvalue weighted by Crippen LogP contribution is -2.56. The molecule has 0 atom stereocenters. The Kier molecular flexibility index (Phi) is 7.16. The molecule has 1 amide bonds. The fourth-order valence-electron chi connectivity index (χ4n) is 4.39. The van der Waals surface area contributed by atoms with Crippen molar-refractivity contribution < 1.29 is 17.9 Å². The average Bonchev–Trinajstić information content (AvgIpc) is 3.25. The van der Waals surface area contributed by atoms with Crippen molar-refractivity contribution in [3.63, 3.8) is 0 Å². The molecule has 0 saturated carbocycles. The second-order valence-corrected chi connectivity index (χ2v) is 10.9. The fourth-order valence-corrected chi connectivity index (χ4v) is 5.30. The Bertz CT molecular complexity index is 1510. The summed E-state index contributed by atoms with van der Waals surface area (Å²) in [6.45, 7) is 6.50. The number of hydrogen-bond donors (Lipinski definition) is 1. The van der Waals surface area contributed by atoms with Crippen LogP contribution < -0.4 is 15.7 Å². The first-order valence-corrected chi connectivity index (χ1v) is 13.5. The number of amides is 1. The Morgan fingerprint density at radius 1 is 1.22 bits per heavy atom. The van der Waals surface area contributed by atoms with Gasteiger partial charge in [0.05, 0.1) is 36.1 Å². The summed E-state index contributed by atoms with van der Waals surface area (Å²) in [5, 5.41) is 4.28. The lowest BCUT2D eigenvalue weighted by atomic mass is 9.93. The fraction of sp³-hybridized carbons (Fsp3) is 0.478. The molecule has 4 rings (SSSR count). The molecule has 0 spiro atoms. The topological polar surface area (TPSA) is 140 Å². The molecular weight excluding hydrogens is 488 g/mol. The molecule has 0 radical (unpaired) electrons. The van der Waals surface area contributed by atoms with Crippen LogP contribution in [0.15, 0.2) is 34.0 Å². The summed E-state index contributed by atoms with van der Waals surface area (Å²) >= 11 is 0. The van der Waals surface area contributed by atoms with E-state index in [0.29, 0.717) is 31.0 Å². The number of sulfonamides is 1. The Morgan fingerprint density at radius 3 is 2.50 bits per heavy atom. The van der Waals surface area contributed by atoms with Crippen molar-refractivity contribution in [3.05, 3.63) is 50.8 Å². The number of aromatic nitrogens is 4. The van der Waals surface area contributed by atoms with Gasteiger partial charge < -0.3 is 9.72 Å². The third kappa shape index (κ3) is 4.99. The number of ether oxygens (including phenoxy) is 1. The molecule has 1 fully saturated rings. The molecule has 3 heterocycles. The average molecular weight is 519 g/mol. The molecular formula is C23H30N6O6S. The lowest BCUT2D eigenvalue weighted by Gasteiger charge is -2.27. The Labute approximate surface area is 208 Å². The van der Waals surface area contributed by atoms with Crippen LogP contribution in [0.1, 0.15) is 31.7 Å². The Balaban J connectivity index is 1.84. The summed E-state index contributed by atoms with van der Waals surface area (Å²) in [6.07, 6.45) is 2.23. The van der Waals surface area contributed by atoms with E-state index < -0.39 is 27.2 Å². The zero-order chi connectivity index (χ0) is 26.2. The highest BCUT2D eigenvalue weighted by Gasteiger charge is 2.30. The minimum atomic E-state index is -4.30. The largest absolute Gasteiger partial charge is 0.379 e. The van der Waals surface area contributed by atoms with E-state index >= 15 is 0 Å². The second kappa shape index (κ2) is 9.99. The number of aryl methyl sites for hydroxylation is 1. The van der Waals surface area contributed by atoms with Gasteiger partial charge in [0.1, 0.15) is 0 Å². The molecule has 0 unspecified atom stereocenters. The molecule has 0 bridgehead atoms. The van der Waals surface area contributed by atoms with E-state index in [1.807, 2.05) is 18.7 Å². The van der Waals surface area contributed by atoms with Gasteiger partial charge in [-0.1, -0.05) is 13.8 Å². The van der Waals surface area contributed by atoms with Gasteiger partial charge in [0, 0.05) is 44.9 Å². The third-order valence-corrected chi connectivity index (χ3v) is 7.22. The van der Waals surface area contributed by atoms with E-state index in [4.69, 9.17) is 4.74 Å². The van der Waals surface area contributed by atoms with Crippen molar-refractivity contribution in [2.45, 2.75) is 26.2 Å². The summed E-state index contributed by atoms with van der Waals surface area (Å²) in [6, 6.07) is 5.12. The van der Waals surface area contributed by atoms with Crippen molar-refractivity contribution in [3.8, 4) is 11.3 Å². The number of carbonyl (C=O) groups excluding carboxylic acids is 1. The molecule has 1 aromatic carbocycles. The second-order valence-electron chi connectivity index (χ2n) is 9.13. The summed E-state index contributed by atoms with van der Waals surface area (Å²) < 4.78 is 32.9. The highest BCUT2D eigenvalue weighted by atomic mass is 32.2. The van der Waals surface area contributed by atoms with Crippen LogP contribution >= 0.6 is 0 Å². The number of carbonyl (C=O) groups is 1. The van der Waals surface area contributed by atoms with Gasteiger partial charge in [-0.05, 0) is 29.7 Å². The van der Waals surface area contributed by atoms with Gasteiger partial charge >= 0.3 is 5.69 Å². The lowest BCUT2D eigenvalue weighted by molar-refractivity contribution is -0.119. The van der Waals surface area contributed by atoms with Crippen LogP contribution in [-0.4, -0.2) is 77.8 Å². The number of morpholine rings is 1. The normalized spacial score (nSPS) is 15.0. The number of benzene rings is 1. The minimum absolute atomic E-state index is 0.0551. The van der Waals surface area contributed by atoms with Gasteiger partial charge in [0.25, 0.3) is 21.5 Å². The monoisotopic (exact) mass is 518 g/mol. The molecule has 0 aliphatic carbocycles. The number of hydrogen-bond acceptors (Lipinski definition) is 8. The summed E-state index contributed by atoms with van der Waals surface area (Å²) in [7, 11) is -2.52. The number of fused-ring (bicyclic) bond motifs is 1. The summed E-state index contributed by atoms with van der Waals surface area (Å²) in [5.41, 5.74) is 0.681. The van der Waals surface area contributed by atoms with Crippen molar-refractivity contribution in [2.24, 2.45) is 7.05 Å². The van der Waals surface area contributed by atoms with Gasteiger partial charge in [-0.3, -0.25) is 19.2 Å². The van der Waals surface area contributed by atoms with Crippen LogP contribution in [0.4, 0.5) is 0 Å². The van der Waals surface area contributed by atoms with Crippen LogP contribution in [-0.2, 0) is 26.6 Å². The first-order chi connectivity index (χ1) is 17.0. The van der Waals surface area contributed by atoms with Crippen LogP contribution in [0.2, 0.25) is 0 Å². The molecule has 13 heteroatoms. The maximum Gasteiger partial charge on any atom is 0.349 e. The molecule has 36 heavy (non-hydrogen) atoms. The van der Waals surface area contributed by atoms with Crippen LogP contribution in [0.5, 0.6) is 0 Å². The van der Waals surface area contributed by atoms with Gasteiger partial charge in [-0.15, -0.1) is 9.09 Å². The molecule has 1 N–H and O–H groups in total. The quantitative estimate of drug-likeness (QED) is 0.473. The number of nitrogens with zero attached hydrogens (tertiary/aromatic N) is 5. The molecule has 1 aliphatic rings. The number of H-pyrrole nitrogens is 1. The van der Waals surface area contributed by atoms with Gasteiger partial charge in [0.2, 0.25) is 0 Å². The summed E-state index contributed by atoms with van der Waals surface area (Å²) in [4.78, 5) is 44.2. The third-order valence-electron chi connectivity index (χ3n) is 6.22. The van der Waals surface area contributed by atoms with E-state index in [1.165, 1.54) is 0 Å². The van der Waals surface area contributed by atoms with Crippen molar-refractivity contribution in [1.82, 2.24) is 24.3 Å². The Morgan fingerprint density at radius 2 is 1.92 bits per heavy atom. The number of aromatic amines is 1. The van der Waals surface area contributed by atoms with Crippen LogP contribution in [0.3, 0.4) is 0 Å². The van der Waals surface area contributed by atoms with Gasteiger partial charge in [-0.25, -0.2) is 13.2 Å². The van der Waals surface area contributed by atoms with Crippen molar-refractivity contribution in [1.29, 1.82) is 0 Å². The van der Waals surface area contributed by atoms with Crippen LogP contribution in [0.25, 0.3) is 22.2 Å². The number of rotatable bonds is 7. The molecule has 1 saturated heterocycles. The smallest absolute Gasteiger partial charge is 0.349 e.